The van der Waals surface area contributed by atoms with Crippen LogP contribution in [0.3, 0.4) is 0 Å². The summed E-state index contributed by atoms with van der Waals surface area (Å²) < 4.78 is 7.48. The van der Waals surface area contributed by atoms with E-state index in [1.807, 2.05) is 18.3 Å². The molecule has 2 aromatic rings. The maximum atomic E-state index is 5.24. The van der Waals surface area contributed by atoms with Crippen molar-refractivity contribution in [3.63, 3.8) is 0 Å². The monoisotopic (exact) mass is 274 g/mol. The molecule has 1 aliphatic rings. The zero-order valence-electron chi connectivity index (χ0n) is 12.2. The number of piperidine rings is 1. The van der Waals surface area contributed by atoms with Crippen molar-refractivity contribution in [1.29, 1.82) is 0 Å². The third-order valence-electron chi connectivity index (χ3n) is 4.14. The fourth-order valence-electron chi connectivity index (χ4n) is 2.96. The maximum Gasteiger partial charge on any atom is 0.160 e. The van der Waals surface area contributed by atoms with Gasteiger partial charge in [-0.1, -0.05) is 0 Å². The van der Waals surface area contributed by atoms with E-state index in [1.54, 1.807) is 7.11 Å². The minimum Gasteiger partial charge on any atom is -0.383 e. The van der Waals surface area contributed by atoms with E-state index < -0.39 is 0 Å². The number of rotatable bonds is 4. The van der Waals surface area contributed by atoms with Crippen molar-refractivity contribution in [1.82, 2.24) is 19.4 Å². The molecule has 0 amide bonds. The zero-order valence-corrected chi connectivity index (χ0v) is 12.2. The normalized spacial score (nSPS) is 17.9. The average Bonchev–Trinajstić information content (AvgIpc) is 2.84. The van der Waals surface area contributed by atoms with Gasteiger partial charge in [-0.3, -0.25) is 0 Å². The molecule has 3 heterocycles. The highest BCUT2D eigenvalue weighted by molar-refractivity contribution is 5.71. The lowest BCUT2D eigenvalue weighted by atomic mass is 9.96. The summed E-state index contributed by atoms with van der Waals surface area (Å²) in [6.45, 7) is 3.81. The molecule has 5 heteroatoms. The molecule has 5 nitrogen and oxygen atoms in total. The second kappa shape index (κ2) is 5.89. The van der Waals surface area contributed by atoms with Gasteiger partial charge in [0.05, 0.1) is 6.61 Å². The number of fused-ring (bicyclic) bond motifs is 1. The molecule has 3 rings (SSSR count). The van der Waals surface area contributed by atoms with Gasteiger partial charge in [0, 0.05) is 25.8 Å². The first-order valence-corrected chi connectivity index (χ1v) is 7.28. The molecule has 2 aromatic heterocycles. The number of pyridine rings is 1. The van der Waals surface area contributed by atoms with E-state index in [2.05, 4.69) is 21.5 Å². The Kier molecular flexibility index (Phi) is 3.98. The second-order valence-electron chi connectivity index (χ2n) is 5.54. The molecular weight excluding hydrogens is 252 g/mol. The van der Waals surface area contributed by atoms with Gasteiger partial charge in [-0.15, -0.1) is 0 Å². The first-order valence-electron chi connectivity index (χ1n) is 7.28. The number of ether oxygens (including phenoxy) is 1. The summed E-state index contributed by atoms with van der Waals surface area (Å²) in [4.78, 5) is 11.7. The number of hydrogen-bond acceptors (Lipinski definition) is 4. The Hall–Kier alpha value is -1.46. The largest absolute Gasteiger partial charge is 0.383 e. The first kappa shape index (κ1) is 13.5. The lowest BCUT2D eigenvalue weighted by Gasteiger charge is -2.28. The van der Waals surface area contributed by atoms with Gasteiger partial charge in [-0.2, -0.15) is 0 Å². The number of imidazole rings is 1. The molecular formula is C15H22N4O. The van der Waals surface area contributed by atoms with Crippen LogP contribution in [-0.2, 0) is 11.3 Å². The maximum absolute atomic E-state index is 5.24. The highest BCUT2D eigenvalue weighted by Gasteiger charge is 2.24. The van der Waals surface area contributed by atoms with Crippen LogP contribution >= 0.6 is 0 Å². The van der Waals surface area contributed by atoms with E-state index in [0.29, 0.717) is 12.5 Å². The highest BCUT2D eigenvalue weighted by Crippen LogP contribution is 2.29. The predicted octanol–water partition coefficient (Wildman–Crippen LogP) is 1.89. The molecule has 0 bridgehead atoms. The van der Waals surface area contributed by atoms with Crippen molar-refractivity contribution in [3.8, 4) is 0 Å². The van der Waals surface area contributed by atoms with Crippen molar-refractivity contribution >= 4 is 11.2 Å². The van der Waals surface area contributed by atoms with Crippen molar-refractivity contribution < 1.29 is 4.74 Å². The minimum atomic E-state index is 0.539. The summed E-state index contributed by atoms with van der Waals surface area (Å²) in [5.74, 6) is 1.72. The molecule has 0 N–H and O–H groups in total. The van der Waals surface area contributed by atoms with E-state index in [4.69, 9.17) is 9.72 Å². The fraction of sp³-hybridized carbons (Fsp3) is 0.600. The van der Waals surface area contributed by atoms with Gasteiger partial charge < -0.3 is 14.2 Å². The van der Waals surface area contributed by atoms with Crippen LogP contribution in [0.15, 0.2) is 18.3 Å². The van der Waals surface area contributed by atoms with Crippen LogP contribution in [0.4, 0.5) is 0 Å². The van der Waals surface area contributed by atoms with Crippen LogP contribution in [-0.4, -0.2) is 53.3 Å². The van der Waals surface area contributed by atoms with Gasteiger partial charge in [0.2, 0.25) is 0 Å². The minimum absolute atomic E-state index is 0.539. The van der Waals surface area contributed by atoms with Crippen LogP contribution in [0.1, 0.15) is 24.6 Å². The van der Waals surface area contributed by atoms with Gasteiger partial charge in [0.15, 0.2) is 5.65 Å². The van der Waals surface area contributed by atoms with Gasteiger partial charge in [0.1, 0.15) is 11.3 Å². The van der Waals surface area contributed by atoms with Crippen LogP contribution in [0.2, 0.25) is 0 Å². The van der Waals surface area contributed by atoms with Crippen LogP contribution in [0.5, 0.6) is 0 Å². The Morgan fingerprint density at radius 2 is 2.15 bits per heavy atom. The van der Waals surface area contributed by atoms with E-state index in [1.165, 1.54) is 18.7 Å². The molecule has 0 aliphatic carbocycles. The molecule has 1 saturated heterocycles. The van der Waals surface area contributed by atoms with Crippen LogP contribution in [0.25, 0.3) is 11.2 Å². The molecule has 1 fully saturated rings. The Labute approximate surface area is 119 Å². The number of hydrogen-bond donors (Lipinski definition) is 0. The van der Waals surface area contributed by atoms with Crippen LogP contribution < -0.4 is 0 Å². The van der Waals surface area contributed by atoms with Gasteiger partial charge in [-0.25, -0.2) is 9.97 Å². The third kappa shape index (κ3) is 2.55. The molecule has 0 spiro atoms. The number of aromatic nitrogens is 3. The molecule has 20 heavy (non-hydrogen) atoms. The molecule has 1 aliphatic heterocycles. The van der Waals surface area contributed by atoms with E-state index in [9.17, 15) is 0 Å². The summed E-state index contributed by atoms with van der Waals surface area (Å²) in [7, 11) is 3.92. The Morgan fingerprint density at radius 1 is 1.35 bits per heavy atom. The number of methoxy groups -OCH3 is 1. The summed E-state index contributed by atoms with van der Waals surface area (Å²) in [5, 5.41) is 0. The molecule has 0 atom stereocenters. The Balaban J connectivity index is 1.95. The van der Waals surface area contributed by atoms with Gasteiger partial charge in [0.25, 0.3) is 0 Å². The molecule has 0 radical (unpaired) electrons. The number of likely N-dealkylation sites (tertiary alicyclic amines) is 1. The summed E-state index contributed by atoms with van der Waals surface area (Å²) in [6, 6.07) is 4.00. The summed E-state index contributed by atoms with van der Waals surface area (Å²) >= 11 is 0. The van der Waals surface area contributed by atoms with E-state index in [-0.39, 0.29) is 0 Å². The van der Waals surface area contributed by atoms with Gasteiger partial charge >= 0.3 is 0 Å². The topological polar surface area (TPSA) is 43.2 Å². The van der Waals surface area contributed by atoms with Crippen molar-refractivity contribution in [2.45, 2.75) is 25.3 Å². The average molecular weight is 274 g/mol. The lowest BCUT2D eigenvalue weighted by molar-refractivity contribution is 0.185. The summed E-state index contributed by atoms with van der Waals surface area (Å²) in [6.07, 6.45) is 4.19. The predicted molar refractivity (Wildman–Crippen MR) is 78.9 cm³/mol. The SMILES string of the molecule is COCCn1c(C2CCN(C)CC2)nc2cccnc21. The smallest absolute Gasteiger partial charge is 0.160 e. The number of nitrogens with zero attached hydrogens (tertiary/aromatic N) is 4. The van der Waals surface area contributed by atoms with E-state index in [0.717, 1.165) is 30.8 Å². The highest BCUT2D eigenvalue weighted by atomic mass is 16.5. The zero-order chi connectivity index (χ0) is 13.9. The fourth-order valence-corrected chi connectivity index (χ4v) is 2.96. The quantitative estimate of drug-likeness (QED) is 0.854. The van der Waals surface area contributed by atoms with Crippen molar-refractivity contribution in [3.05, 3.63) is 24.2 Å². The second-order valence-corrected chi connectivity index (χ2v) is 5.54. The summed E-state index contributed by atoms with van der Waals surface area (Å²) in [5.41, 5.74) is 1.98. The van der Waals surface area contributed by atoms with E-state index >= 15 is 0 Å². The molecule has 108 valence electrons. The molecule has 0 saturated carbocycles. The van der Waals surface area contributed by atoms with Gasteiger partial charge in [-0.05, 0) is 45.1 Å². The lowest BCUT2D eigenvalue weighted by Crippen LogP contribution is -2.30. The standard InChI is InChI=1S/C15H22N4O/c1-18-8-5-12(6-9-18)14-17-13-4-3-7-16-15(13)19(14)10-11-20-2/h3-4,7,12H,5-6,8-11H2,1-2H3. The Morgan fingerprint density at radius 3 is 2.90 bits per heavy atom. The molecule has 0 aromatic carbocycles. The van der Waals surface area contributed by atoms with Crippen LogP contribution in [0, 0.1) is 0 Å². The van der Waals surface area contributed by atoms with Crippen molar-refractivity contribution in [2.75, 3.05) is 33.9 Å². The van der Waals surface area contributed by atoms with Crippen molar-refractivity contribution in [2.24, 2.45) is 0 Å². The first-order chi connectivity index (χ1) is 9.79. The molecule has 0 unspecified atom stereocenters. The third-order valence-corrected chi connectivity index (χ3v) is 4.14. The Bertz CT molecular complexity index is 572.